The van der Waals surface area contributed by atoms with Crippen LogP contribution in [0.5, 0.6) is 0 Å². The Balaban J connectivity index is 2.93. The van der Waals surface area contributed by atoms with E-state index < -0.39 is 0 Å². The predicted octanol–water partition coefficient (Wildman–Crippen LogP) is 2.73. The standard InChI is InChI=1S/C12H11NO2/c1-9-8-11(13-2)6-4-10(9)5-7-12(14)15-3/h4-8H,1,3H3/b7-5+. The van der Waals surface area contributed by atoms with Gasteiger partial charge in [0.15, 0.2) is 5.69 Å². The molecule has 0 amide bonds. The first-order valence-electron chi connectivity index (χ1n) is 4.41. The Kier molecular flexibility index (Phi) is 3.64. The molecule has 0 saturated carbocycles. The maximum Gasteiger partial charge on any atom is 0.330 e. The first-order chi connectivity index (χ1) is 7.17. The number of carbonyl (C=O) groups excluding carboxylic acids is 1. The maximum atomic E-state index is 10.9. The zero-order valence-electron chi connectivity index (χ0n) is 8.65. The van der Waals surface area contributed by atoms with E-state index in [0.29, 0.717) is 5.69 Å². The molecule has 0 heterocycles. The highest BCUT2D eigenvalue weighted by Crippen LogP contribution is 2.18. The van der Waals surface area contributed by atoms with E-state index in [1.54, 1.807) is 18.2 Å². The maximum absolute atomic E-state index is 10.9. The van der Waals surface area contributed by atoms with Crippen LogP contribution >= 0.6 is 0 Å². The average Bonchev–Trinajstić information content (AvgIpc) is 2.26. The van der Waals surface area contributed by atoms with Crippen molar-refractivity contribution < 1.29 is 9.53 Å². The SMILES string of the molecule is [C-]#[N+]c1ccc(/C=C/C(=O)OC)c(C)c1. The molecule has 0 aliphatic rings. The molecule has 1 aromatic rings. The van der Waals surface area contributed by atoms with Gasteiger partial charge in [-0.05, 0) is 18.6 Å². The number of nitrogens with zero attached hydrogens (tertiary/aromatic N) is 1. The van der Waals surface area contributed by atoms with Gasteiger partial charge in [0.05, 0.1) is 13.7 Å². The number of esters is 1. The van der Waals surface area contributed by atoms with Gasteiger partial charge in [-0.15, -0.1) is 0 Å². The summed E-state index contributed by atoms with van der Waals surface area (Å²) in [5, 5.41) is 0. The highest BCUT2D eigenvalue weighted by atomic mass is 16.5. The summed E-state index contributed by atoms with van der Waals surface area (Å²) in [6.45, 7) is 8.74. The molecule has 0 spiro atoms. The van der Waals surface area contributed by atoms with Crippen molar-refractivity contribution in [1.82, 2.24) is 0 Å². The zero-order valence-corrected chi connectivity index (χ0v) is 8.65. The van der Waals surface area contributed by atoms with E-state index in [9.17, 15) is 4.79 Å². The third kappa shape index (κ3) is 2.96. The lowest BCUT2D eigenvalue weighted by atomic mass is 10.1. The number of ether oxygens (including phenoxy) is 1. The molecule has 0 aliphatic heterocycles. The Morgan fingerprint density at radius 3 is 2.80 bits per heavy atom. The molecule has 0 aliphatic carbocycles. The Morgan fingerprint density at radius 1 is 1.53 bits per heavy atom. The third-order valence-electron chi connectivity index (χ3n) is 1.98. The first kappa shape index (κ1) is 11.0. The monoisotopic (exact) mass is 201 g/mol. The van der Waals surface area contributed by atoms with Crippen molar-refractivity contribution in [2.75, 3.05) is 7.11 Å². The van der Waals surface area contributed by atoms with Crippen molar-refractivity contribution in [3.63, 3.8) is 0 Å². The highest BCUT2D eigenvalue weighted by molar-refractivity contribution is 5.87. The molecule has 0 N–H and O–H groups in total. The number of benzene rings is 1. The molecular weight excluding hydrogens is 190 g/mol. The van der Waals surface area contributed by atoms with Crippen LogP contribution < -0.4 is 0 Å². The normalized spacial score (nSPS) is 9.93. The van der Waals surface area contributed by atoms with Gasteiger partial charge in [-0.1, -0.05) is 23.8 Å². The molecule has 0 bridgehead atoms. The van der Waals surface area contributed by atoms with Crippen molar-refractivity contribution >= 4 is 17.7 Å². The second kappa shape index (κ2) is 4.97. The van der Waals surface area contributed by atoms with Gasteiger partial charge in [-0.2, -0.15) is 0 Å². The fourth-order valence-corrected chi connectivity index (χ4v) is 1.14. The van der Waals surface area contributed by atoms with Crippen LogP contribution in [0.1, 0.15) is 11.1 Å². The highest BCUT2D eigenvalue weighted by Gasteiger charge is 1.97. The summed E-state index contributed by atoms with van der Waals surface area (Å²) in [6.07, 6.45) is 3.04. The van der Waals surface area contributed by atoms with Gasteiger partial charge < -0.3 is 4.74 Å². The topological polar surface area (TPSA) is 30.7 Å². The van der Waals surface area contributed by atoms with Crippen molar-refractivity contribution in [3.05, 3.63) is 46.8 Å². The van der Waals surface area contributed by atoms with Gasteiger partial charge in [-0.25, -0.2) is 9.64 Å². The van der Waals surface area contributed by atoms with Crippen LogP contribution in [-0.2, 0) is 9.53 Å². The molecule has 0 aromatic heterocycles. The van der Waals surface area contributed by atoms with E-state index in [4.69, 9.17) is 6.57 Å². The summed E-state index contributed by atoms with van der Waals surface area (Å²) < 4.78 is 4.48. The van der Waals surface area contributed by atoms with Gasteiger partial charge in [0.25, 0.3) is 0 Å². The van der Waals surface area contributed by atoms with Crippen molar-refractivity contribution in [1.29, 1.82) is 0 Å². The third-order valence-corrected chi connectivity index (χ3v) is 1.98. The molecular formula is C12H11NO2. The molecule has 0 radical (unpaired) electrons. The smallest absolute Gasteiger partial charge is 0.330 e. The number of hydrogen-bond donors (Lipinski definition) is 0. The van der Waals surface area contributed by atoms with Crippen molar-refractivity contribution in [3.8, 4) is 0 Å². The number of hydrogen-bond acceptors (Lipinski definition) is 2. The lowest BCUT2D eigenvalue weighted by Crippen LogP contribution is -1.93. The second-order valence-corrected chi connectivity index (χ2v) is 3.01. The van der Waals surface area contributed by atoms with E-state index in [1.165, 1.54) is 13.2 Å². The predicted molar refractivity (Wildman–Crippen MR) is 58.5 cm³/mol. The minimum Gasteiger partial charge on any atom is -0.466 e. The van der Waals surface area contributed by atoms with Crippen LogP contribution in [-0.4, -0.2) is 13.1 Å². The van der Waals surface area contributed by atoms with Crippen LogP contribution in [0, 0.1) is 13.5 Å². The lowest BCUT2D eigenvalue weighted by Gasteiger charge is -2.00. The second-order valence-electron chi connectivity index (χ2n) is 3.01. The van der Waals surface area contributed by atoms with Crippen LogP contribution in [0.25, 0.3) is 10.9 Å². The summed E-state index contributed by atoms with van der Waals surface area (Å²) >= 11 is 0. The van der Waals surface area contributed by atoms with Crippen LogP contribution in [0.3, 0.4) is 0 Å². The molecule has 1 aromatic carbocycles. The van der Waals surface area contributed by atoms with E-state index in [-0.39, 0.29) is 5.97 Å². The summed E-state index contributed by atoms with van der Waals surface area (Å²) in [5.41, 5.74) is 2.47. The van der Waals surface area contributed by atoms with E-state index in [0.717, 1.165) is 11.1 Å². The van der Waals surface area contributed by atoms with Crippen molar-refractivity contribution in [2.24, 2.45) is 0 Å². The van der Waals surface area contributed by atoms with Gasteiger partial charge in [-0.3, -0.25) is 0 Å². The lowest BCUT2D eigenvalue weighted by molar-refractivity contribution is -0.134. The molecule has 0 unspecified atom stereocenters. The molecule has 3 nitrogen and oxygen atoms in total. The number of methoxy groups -OCH3 is 1. The Bertz CT molecular complexity index is 441. The minimum absolute atomic E-state index is 0.386. The molecule has 0 saturated heterocycles. The minimum atomic E-state index is -0.386. The molecule has 1 rings (SSSR count). The first-order valence-corrected chi connectivity index (χ1v) is 4.41. The number of aryl methyl sites for hydroxylation is 1. The Morgan fingerprint density at radius 2 is 2.27 bits per heavy atom. The summed E-state index contributed by atoms with van der Waals surface area (Å²) in [4.78, 5) is 14.2. The van der Waals surface area contributed by atoms with Crippen LogP contribution in [0.15, 0.2) is 24.3 Å². The molecule has 76 valence electrons. The molecule has 15 heavy (non-hydrogen) atoms. The van der Waals surface area contributed by atoms with Gasteiger partial charge in [0.1, 0.15) is 0 Å². The summed E-state index contributed by atoms with van der Waals surface area (Å²) in [7, 11) is 1.33. The molecule has 0 fully saturated rings. The summed E-state index contributed by atoms with van der Waals surface area (Å²) in [6, 6.07) is 5.31. The van der Waals surface area contributed by atoms with E-state index in [2.05, 4.69) is 9.58 Å². The number of carbonyl (C=O) groups is 1. The Hall–Kier alpha value is -2.08. The van der Waals surface area contributed by atoms with Crippen molar-refractivity contribution in [2.45, 2.75) is 6.92 Å². The van der Waals surface area contributed by atoms with Gasteiger partial charge in [0, 0.05) is 6.08 Å². The number of rotatable bonds is 2. The molecule has 0 atom stereocenters. The fraction of sp³-hybridized carbons (Fsp3) is 0.167. The Labute approximate surface area is 88.8 Å². The largest absolute Gasteiger partial charge is 0.466 e. The quantitative estimate of drug-likeness (QED) is 0.418. The zero-order chi connectivity index (χ0) is 11.3. The van der Waals surface area contributed by atoms with Gasteiger partial charge >= 0.3 is 5.97 Å². The average molecular weight is 201 g/mol. The van der Waals surface area contributed by atoms with Gasteiger partial charge in [0.2, 0.25) is 0 Å². The molecule has 3 heteroatoms. The van der Waals surface area contributed by atoms with E-state index >= 15 is 0 Å². The fourth-order valence-electron chi connectivity index (χ4n) is 1.14. The van der Waals surface area contributed by atoms with E-state index in [1.807, 2.05) is 13.0 Å². The summed E-state index contributed by atoms with van der Waals surface area (Å²) in [5.74, 6) is -0.386. The van der Waals surface area contributed by atoms with Crippen LogP contribution in [0.2, 0.25) is 0 Å². The van der Waals surface area contributed by atoms with Crippen LogP contribution in [0.4, 0.5) is 5.69 Å².